The minimum Gasteiger partial charge on any atom is -0.268 e. The topological polar surface area (TPSA) is 33.2 Å². The van der Waals surface area contributed by atoms with Gasteiger partial charge in [-0.05, 0) is 30.3 Å². The van der Waals surface area contributed by atoms with E-state index < -0.39 is 0 Å². The van der Waals surface area contributed by atoms with Gasteiger partial charge in [-0.1, -0.05) is 54.3 Å². The lowest BCUT2D eigenvalue weighted by Gasteiger charge is -2.13. The van der Waals surface area contributed by atoms with Crippen LogP contribution in [0.4, 0.5) is 10.1 Å². The van der Waals surface area contributed by atoms with Gasteiger partial charge in [-0.25, -0.2) is 9.37 Å². The average Bonchev–Trinajstić information content (AvgIpc) is 3.22. The Kier molecular flexibility index (Phi) is 4.67. The molecule has 1 aromatic heterocycles. The van der Waals surface area contributed by atoms with E-state index in [4.69, 9.17) is 12.2 Å². The van der Waals surface area contributed by atoms with Gasteiger partial charge in [0, 0.05) is 10.9 Å². The van der Waals surface area contributed by atoms with Crippen molar-refractivity contribution in [2.75, 3.05) is 4.90 Å². The highest BCUT2D eigenvalue weighted by Gasteiger charge is 2.33. The molecule has 128 valence electrons. The first-order chi connectivity index (χ1) is 12.6. The number of thiocarbonyl (C=S) groups is 1. The number of aromatic nitrogens is 1. The molecule has 2 aromatic carbocycles. The number of hydrogen-bond acceptors (Lipinski definition) is 5. The fourth-order valence-corrected chi connectivity index (χ4v) is 4.60. The number of hydrogen-bond donors (Lipinski definition) is 0. The third-order valence-corrected chi connectivity index (χ3v) is 5.82. The molecule has 0 radical (unpaired) electrons. The molecule has 1 saturated heterocycles. The Bertz CT molecular complexity index is 1010. The Morgan fingerprint density at radius 2 is 1.81 bits per heavy atom. The first-order valence-electron chi connectivity index (χ1n) is 7.66. The lowest BCUT2D eigenvalue weighted by molar-refractivity contribution is -0.113. The van der Waals surface area contributed by atoms with Gasteiger partial charge in [-0.2, -0.15) is 0 Å². The van der Waals surface area contributed by atoms with Crippen molar-refractivity contribution in [3.05, 3.63) is 75.7 Å². The van der Waals surface area contributed by atoms with Crippen LogP contribution in [0.25, 0.3) is 17.3 Å². The van der Waals surface area contributed by atoms with Gasteiger partial charge in [0.2, 0.25) is 0 Å². The van der Waals surface area contributed by atoms with Crippen LogP contribution in [-0.2, 0) is 4.79 Å². The van der Waals surface area contributed by atoms with Crippen LogP contribution in [0.3, 0.4) is 0 Å². The van der Waals surface area contributed by atoms with Crippen molar-refractivity contribution in [3.8, 4) is 11.3 Å². The standard InChI is InChI=1S/C19H11FN2OS3/c20-13-6-8-14(9-7-13)22-18(23)16(26-19(22)24)10-17-21-15(11-25-17)12-4-2-1-3-5-12/h1-11H. The maximum Gasteiger partial charge on any atom is 0.270 e. The molecule has 0 aliphatic carbocycles. The number of amides is 1. The second-order valence-corrected chi connectivity index (χ2v) is 8.00. The van der Waals surface area contributed by atoms with Crippen molar-refractivity contribution in [1.29, 1.82) is 0 Å². The molecule has 1 aliphatic rings. The fraction of sp³-hybridized carbons (Fsp3) is 0. The normalized spacial score (nSPS) is 15.9. The molecular weight excluding hydrogens is 387 g/mol. The van der Waals surface area contributed by atoms with E-state index in [2.05, 4.69) is 4.98 Å². The average molecular weight is 399 g/mol. The van der Waals surface area contributed by atoms with Crippen LogP contribution in [0.15, 0.2) is 64.9 Å². The Morgan fingerprint density at radius 1 is 1.08 bits per heavy atom. The molecule has 3 aromatic rings. The lowest BCUT2D eigenvalue weighted by atomic mass is 10.2. The molecule has 0 atom stereocenters. The van der Waals surface area contributed by atoms with Gasteiger partial charge in [0.1, 0.15) is 10.8 Å². The number of nitrogens with zero attached hydrogens (tertiary/aromatic N) is 2. The third kappa shape index (κ3) is 3.33. The summed E-state index contributed by atoms with van der Waals surface area (Å²) in [5, 5.41) is 2.70. The second kappa shape index (κ2) is 7.11. The number of thiazole rings is 1. The van der Waals surface area contributed by atoms with Gasteiger partial charge in [-0.15, -0.1) is 11.3 Å². The van der Waals surface area contributed by atoms with E-state index in [1.807, 2.05) is 35.7 Å². The molecule has 0 unspecified atom stereocenters. The molecule has 0 bridgehead atoms. The van der Waals surface area contributed by atoms with E-state index in [0.29, 0.717) is 14.9 Å². The van der Waals surface area contributed by atoms with Crippen LogP contribution in [0, 0.1) is 5.82 Å². The highest BCUT2D eigenvalue weighted by Crippen LogP contribution is 2.36. The van der Waals surface area contributed by atoms with Crippen molar-refractivity contribution in [2.45, 2.75) is 0 Å². The number of thioether (sulfide) groups is 1. The highest BCUT2D eigenvalue weighted by atomic mass is 32.2. The predicted molar refractivity (Wildman–Crippen MR) is 110 cm³/mol. The summed E-state index contributed by atoms with van der Waals surface area (Å²) in [6, 6.07) is 15.6. The van der Waals surface area contributed by atoms with Crippen LogP contribution >= 0.6 is 35.3 Å². The second-order valence-electron chi connectivity index (χ2n) is 5.43. The van der Waals surface area contributed by atoms with Gasteiger partial charge in [0.15, 0.2) is 4.32 Å². The van der Waals surface area contributed by atoms with Gasteiger partial charge < -0.3 is 0 Å². The van der Waals surface area contributed by atoms with E-state index >= 15 is 0 Å². The van der Waals surface area contributed by atoms with Crippen molar-refractivity contribution in [2.24, 2.45) is 0 Å². The molecule has 1 fully saturated rings. The minimum absolute atomic E-state index is 0.219. The van der Waals surface area contributed by atoms with E-state index in [1.54, 1.807) is 18.2 Å². The Hall–Kier alpha value is -2.35. The summed E-state index contributed by atoms with van der Waals surface area (Å²) in [6.07, 6.45) is 1.75. The summed E-state index contributed by atoms with van der Waals surface area (Å²) in [6.45, 7) is 0. The predicted octanol–water partition coefficient (Wildman–Crippen LogP) is 5.36. The highest BCUT2D eigenvalue weighted by molar-refractivity contribution is 8.27. The quantitative estimate of drug-likeness (QED) is 0.440. The number of benzene rings is 2. The van der Waals surface area contributed by atoms with Crippen molar-refractivity contribution < 1.29 is 9.18 Å². The number of rotatable bonds is 3. The van der Waals surface area contributed by atoms with Crippen LogP contribution < -0.4 is 4.90 Å². The van der Waals surface area contributed by atoms with Gasteiger partial charge in [-0.3, -0.25) is 9.69 Å². The van der Waals surface area contributed by atoms with E-state index in [0.717, 1.165) is 16.3 Å². The van der Waals surface area contributed by atoms with Crippen molar-refractivity contribution in [3.63, 3.8) is 0 Å². The number of halogens is 1. The zero-order chi connectivity index (χ0) is 18.1. The number of carbonyl (C=O) groups is 1. The molecule has 26 heavy (non-hydrogen) atoms. The number of carbonyl (C=O) groups excluding carboxylic acids is 1. The summed E-state index contributed by atoms with van der Waals surface area (Å²) in [7, 11) is 0. The molecular formula is C19H11FN2OS3. The van der Waals surface area contributed by atoms with Gasteiger partial charge >= 0.3 is 0 Å². The molecule has 2 heterocycles. The SMILES string of the molecule is O=C1C(=Cc2nc(-c3ccccc3)cs2)SC(=S)N1c1ccc(F)cc1. The van der Waals surface area contributed by atoms with Crippen LogP contribution in [0.2, 0.25) is 0 Å². The summed E-state index contributed by atoms with van der Waals surface area (Å²) < 4.78 is 13.5. The maximum absolute atomic E-state index is 13.1. The van der Waals surface area contributed by atoms with Crippen molar-refractivity contribution in [1.82, 2.24) is 4.98 Å². The number of anilines is 1. The van der Waals surface area contributed by atoms with Crippen LogP contribution in [0.5, 0.6) is 0 Å². The first-order valence-corrected chi connectivity index (χ1v) is 9.77. The fourth-order valence-electron chi connectivity index (χ4n) is 2.49. The van der Waals surface area contributed by atoms with E-state index in [9.17, 15) is 9.18 Å². The monoisotopic (exact) mass is 398 g/mol. The zero-order valence-electron chi connectivity index (χ0n) is 13.3. The van der Waals surface area contributed by atoms with Crippen LogP contribution in [-0.4, -0.2) is 15.2 Å². The smallest absolute Gasteiger partial charge is 0.268 e. The summed E-state index contributed by atoms with van der Waals surface area (Å²) in [5.41, 5.74) is 2.46. The Labute approximate surface area is 163 Å². The summed E-state index contributed by atoms with van der Waals surface area (Å²) in [4.78, 5) is 19.2. The molecule has 7 heteroatoms. The van der Waals surface area contributed by atoms with Gasteiger partial charge in [0.05, 0.1) is 16.3 Å². The molecule has 0 saturated carbocycles. The van der Waals surface area contributed by atoms with Crippen molar-refractivity contribution >= 4 is 57.3 Å². The van der Waals surface area contributed by atoms with E-state index in [1.165, 1.54) is 40.1 Å². The maximum atomic E-state index is 13.1. The molecule has 1 amide bonds. The Balaban J connectivity index is 1.61. The largest absolute Gasteiger partial charge is 0.270 e. The molecule has 0 N–H and O–H groups in total. The molecule has 1 aliphatic heterocycles. The van der Waals surface area contributed by atoms with Crippen LogP contribution in [0.1, 0.15) is 5.01 Å². The third-order valence-electron chi connectivity index (χ3n) is 3.72. The van der Waals surface area contributed by atoms with E-state index in [-0.39, 0.29) is 11.7 Å². The molecule has 3 nitrogen and oxygen atoms in total. The molecule has 0 spiro atoms. The van der Waals surface area contributed by atoms with Gasteiger partial charge in [0.25, 0.3) is 5.91 Å². The molecule has 4 rings (SSSR count). The summed E-state index contributed by atoms with van der Waals surface area (Å²) >= 11 is 8.02. The minimum atomic E-state index is -0.356. The lowest BCUT2D eigenvalue weighted by Crippen LogP contribution is -2.27. The first kappa shape index (κ1) is 17.1. The Morgan fingerprint density at radius 3 is 2.54 bits per heavy atom. The zero-order valence-corrected chi connectivity index (χ0v) is 15.7. The summed E-state index contributed by atoms with van der Waals surface area (Å²) in [5.74, 6) is -0.575.